The number of ether oxygens (including phenoxy) is 2. The number of pyridine rings is 1. The van der Waals surface area contributed by atoms with Crippen LogP contribution in [-0.2, 0) is 6.54 Å². The maximum absolute atomic E-state index is 12.9. The van der Waals surface area contributed by atoms with Crippen LogP contribution >= 0.6 is 0 Å². The second kappa shape index (κ2) is 8.85. The van der Waals surface area contributed by atoms with Crippen LogP contribution in [0.2, 0.25) is 0 Å². The molecule has 28 heavy (non-hydrogen) atoms. The summed E-state index contributed by atoms with van der Waals surface area (Å²) in [5, 5.41) is 5.95. The highest BCUT2D eigenvalue weighted by Gasteiger charge is 2.09. The van der Waals surface area contributed by atoms with Crippen molar-refractivity contribution in [3.05, 3.63) is 77.9 Å². The molecule has 3 aromatic rings. The minimum Gasteiger partial charge on any atom is -0.497 e. The van der Waals surface area contributed by atoms with E-state index in [2.05, 4.69) is 15.6 Å². The van der Waals surface area contributed by atoms with E-state index in [1.165, 1.54) is 12.1 Å². The molecule has 1 heterocycles. The molecule has 2 aromatic carbocycles. The van der Waals surface area contributed by atoms with E-state index in [0.29, 0.717) is 23.7 Å². The summed E-state index contributed by atoms with van der Waals surface area (Å²) in [6.45, 7) is 0.295. The van der Waals surface area contributed by atoms with E-state index in [9.17, 15) is 9.18 Å². The van der Waals surface area contributed by atoms with Crippen LogP contribution in [0, 0.1) is 5.82 Å². The van der Waals surface area contributed by atoms with Crippen LogP contribution in [0.5, 0.6) is 11.5 Å². The van der Waals surface area contributed by atoms with Crippen molar-refractivity contribution >= 4 is 17.3 Å². The highest BCUT2D eigenvalue weighted by atomic mass is 19.1. The number of methoxy groups -OCH3 is 2. The number of nitrogens with zero attached hydrogens (tertiary/aromatic N) is 1. The summed E-state index contributed by atoms with van der Waals surface area (Å²) >= 11 is 0. The quantitative estimate of drug-likeness (QED) is 0.649. The normalized spacial score (nSPS) is 10.2. The number of rotatable bonds is 7. The third-order valence-corrected chi connectivity index (χ3v) is 4.05. The van der Waals surface area contributed by atoms with Gasteiger partial charge >= 0.3 is 0 Å². The molecule has 0 unspecified atom stereocenters. The number of amides is 1. The van der Waals surface area contributed by atoms with E-state index >= 15 is 0 Å². The summed E-state index contributed by atoms with van der Waals surface area (Å²) in [6, 6.07) is 14.8. The van der Waals surface area contributed by atoms with E-state index in [1.807, 2.05) is 12.1 Å². The van der Waals surface area contributed by atoms with Gasteiger partial charge in [-0.3, -0.25) is 4.79 Å². The number of halogens is 1. The summed E-state index contributed by atoms with van der Waals surface area (Å²) in [5.74, 6) is 0.695. The lowest BCUT2D eigenvalue weighted by Gasteiger charge is -2.12. The molecule has 0 saturated heterocycles. The molecule has 0 aliphatic rings. The molecule has 0 radical (unpaired) electrons. The average Bonchev–Trinajstić information content (AvgIpc) is 2.74. The second-order valence-electron chi connectivity index (χ2n) is 5.93. The van der Waals surface area contributed by atoms with Crippen molar-refractivity contribution in [2.45, 2.75) is 6.54 Å². The summed E-state index contributed by atoms with van der Waals surface area (Å²) in [5.41, 5.74) is 2.55. The summed E-state index contributed by atoms with van der Waals surface area (Å²) in [7, 11) is 3.17. The van der Waals surface area contributed by atoms with Gasteiger partial charge < -0.3 is 20.1 Å². The fourth-order valence-electron chi connectivity index (χ4n) is 2.53. The predicted molar refractivity (Wildman–Crippen MR) is 105 cm³/mol. The van der Waals surface area contributed by atoms with Gasteiger partial charge in [0.25, 0.3) is 5.91 Å². The number of aromatic nitrogens is 1. The van der Waals surface area contributed by atoms with Crippen molar-refractivity contribution in [3.8, 4) is 11.5 Å². The number of hydrogen-bond donors (Lipinski definition) is 2. The predicted octanol–water partition coefficient (Wildman–Crippen LogP) is 3.91. The molecule has 6 nitrogen and oxygen atoms in total. The Hall–Kier alpha value is -3.61. The van der Waals surface area contributed by atoms with Gasteiger partial charge in [-0.05, 0) is 42.0 Å². The van der Waals surface area contributed by atoms with Crippen LogP contribution in [0.3, 0.4) is 0 Å². The second-order valence-corrected chi connectivity index (χ2v) is 5.93. The molecule has 0 atom stereocenters. The molecule has 3 rings (SSSR count). The lowest BCUT2D eigenvalue weighted by molar-refractivity contribution is 0.0946. The van der Waals surface area contributed by atoms with Crippen LogP contribution in [0.15, 0.2) is 60.8 Å². The highest BCUT2D eigenvalue weighted by Crippen LogP contribution is 2.31. The first kappa shape index (κ1) is 19.2. The first-order valence-corrected chi connectivity index (χ1v) is 8.57. The van der Waals surface area contributed by atoms with Gasteiger partial charge in [-0.25, -0.2) is 9.37 Å². The Morgan fingerprint density at radius 1 is 1.04 bits per heavy atom. The lowest BCUT2D eigenvalue weighted by atomic mass is 10.2. The van der Waals surface area contributed by atoms with Crippen molar-refractivity contribution in [1.29, 1.82) is 0 Å². The highest BCUT2D eigenvalue weighted by molar-refractivity contribution is 5.92. The maximum atomic E-state index is 12.9. The molecule has 0 fully saturated rings. The Labute approximate surface area is 162 Å². The zero-order valence-corrected chi connectivity index (χ0v) is 15.5. The van der Waals surface area contributed by atoms with E-state index in [0.717, 1.165) is 11.3 Å². The zero-order chi connectivity index (χ0) is 19.9. The first-order valence-electron chi connectivity index (χ1n) is 8.57. The largest absolute Gasteiger partial charge is 0.497 e. The van der Waals surface area contributed by atoms with Gasteiger partial charge in [0, 0.05) is 12.6 Å². The summed E-state index contributed by atoms with van der Waals surface area (Å²) in [6.07, 6.45) is 1.57. The summed E-state index contributed by atoms with van der Waals surface area (Å²) < 4.78 is 23.4. The zero-order valence-electron chi connectivity index (χ0n) is 15.5. The average molecular weight is 381 g/mol. The van der Waals surface area contributed by atoms with E-state index in [4.69, 9.17) is 9.47 Å². The molecule has 0 saturated carbocycles. The van der Waals surface area contributed by atoms with Gasteiger partial charge in [-0.15, -0.1) is 0 Å². The SMILES string of the molecule is COc1ccc(Nc2ccc(C(=O)NCc3ccc(F)cc3)nc2)c(OC)c1. The molecular formula is C21H20FN3O3. The minimum absolute atomic E-state index is 0.286. The Bertz CT molecular complexity index is 944. The van der Waals surface area contributed by atoms with Crippen molar-refractivity contribution in [3.63, 3.8) is 0 Å². The number of hydrogen-bond acceptors (Lipinski definition) is 5. The smallest absolute Gasteiger partial charge is 0.270 e. The van der Waals surface area contributed by atoms with Crippen LogP contribution in [0.1, 0.15) is 16.1 Å². The fourth-order valence-corrected chi connectivity index (χ4v) is 2.53. The van der Waals surface area contributed by atoms with Gasteiger partial charge in [0.1, 0.15) is 23.0 Å². The molecule has 144 valence electrons. The Kier molecular flexibility index (Phi) is 6.06. The Morgan fingerprint density at radius 3 is 2.46 bits per heavy atom. The third kappa shape index (κ3) is 4.76. The lowest BCUT2D eigenvalue weighted by Crippen LogP contribution is -2.23. The van der Waals surface area contributed by atoms with Crippen LogP contribution in [-0.4, -0.2) is 25.1 Å². The summed E-state index contributed by atoms with van der Waals surface area (Å²) in [4.78, 5) is 16.4. The van der Waals surface area contributed by atoms with Gasteiger partial charge in [0.05, 0.1) is 31.8 Å². The van der Waals surface area contributed by atoms with Gasteiger partial charge in [0.15, 0.2) is 0 Å². The fraction of sp³-hybridized carbons (Fsp3) is 0.143. The molecule has 0 bridgehead atoms. The monoisotopic (exact) mass is 381 g/mol. The number of carbonyl (C=O) groups excluding carboxylic acids is 1. The van der Waals surface area contributed by atoms with E-state index in [-0.39, 0.29) is 17.4 Å². The van der Waals surface area contributed by atoms with Gasteiger partial charge in [0.2, 0.25) is 0 Å². The maximum Gasteiger partial charge on any atom is 0.270 e. The van der Waals surface area contributed by atoms with Crippen LogP contribution < -0.4 is 20.1 Å². The molecule has 7 heteroatoms. The Morgan fingerprint density at radius 2 is 1.82 bits per heavy atom. The molecule has 1 aromatic heterocycles. The number of benzene rings is 2. The van der Waals surface area contributed by atoms with Crippen molar-refractivity contribution in [2.75, 3.05) is 19.5 Å². The third-order valence-electron chi connectivity index (χ3n) is 4.05. The minimum atomic E-state index is -0.312. The molecule has 0 aliphatic heterocycles. The number of carbonyl (C=O) groups is 1. The molecule has 0 spiro atoms. The van der Waals surface area contributed by atoms with Crippen molar-refractivity contribution in [2.24, 2.45) is 0 Å². The van der Waals surface area contributed by atoms with Crippen molar-refractivity contribution in [1.82, 2.24) is 10.3 Å². The first-order chi connectivity index (χ1) is 13.6. The standard InChI is InChI=1S/C21H20FN3O3/c1-27-17-8-10-18(20(11-17)28-2)25-16-7-9-19(23-13-16)21(26)24-12-14-3-5-15(22)6-4-14/h3-11,13,25H,12H2,1-2H3,(H,24,26). The molecule has 0 aliphatic carbocycles. The van der Waals surface area contributed by atoms with Crippen LogP contribution in [0.4, 0.5) is 15.8 Å². The van der Waals surface area contributed by atoms with E-state index < -0.39 is 0 Å². The van der Waals surface area contributed by atoms with Gasteiger partial charge in [-0.1, -0.05) is 12.1 Å². The number of nitrogens with one attached hydrogen (secondary N) is 2. The molecule has 1 amide bonds. The van der Waals surface area contributed by atoms with Gasteiger partial charge in [-0.2, -0.15) is 0 Å². The van der Waals surface area contributed by atoms with E-state index in [1.54, 1.807) is 50.7 Å². The van der Waals surface area contributed by atoms with Crippen LogP contribution in [0.25, 0.3) is 0 Å². The Balaban J connectivity index is 1.63. The molecule has 2 N–H and O–H groups in total. The number of anilines is 2. The topological polar surface area (TPSA) is 72.5 Å². The van der Waals surface area contributed by atoms with Crippen molar-refractivity contribution < 1.29 is 18.7 Å². The molecular weight excluding hydrogens is 361 g/mol.